The molecule has 1 unspecified atom stereocenters. The van der Waals surface area contributed by atoms with Crippen LogP contribution in [0.4, 0.5) is 0 Å². The first-order chi connectivity index (χ1) is 18.3. The summed E-state index contributed by atoms with van der Waals surface area (Å²) in [4.78, 5) is 37.0. The second-order valence-corrected chi connectivity index (χ2v) is 11.1. The summed E-state index contributed by atoms with van der Waals surface area (Å²) < 4.78 is 7.37. The van der Waals surface area contributed by atoms with Crippen molar-refractivity contribution >= 4 is 62.2 Å². The lowest BCUT2D eigenvalue weighted by Gasteiger charge is -2.31. The van der Waals surface area contributed by atoms with Crippen molar-refractivity contribution in [1.82, 2.24) is 19.2 Å². The van der Waals surface area contributed by atoms with E-state index in [1.54, 1.807) is 23.1 Å². The molecule has 0 bridgehead atoms. The number of nitrogens with zero attached hydrogens (tertiary/aromatic N) is 4. The van der Waals surface area contributed by atoms with Gasteiger partial charge in [-0.25, -0.2) is 4.98 Å². The number of morpholine rings is 1. The minimum Gasteiger partial charge on any atom is -0.503 e. The van der Waals surface area contributed by atoms with Crippen molar-refractivity contribution in [2.24, 2.45) is 0 Å². The van der Waals surface area contributed by atoms with Crippen LogP contribution < -0.4 is 0 Å². The average molecular weight is 571 g/mol. The predicted octanol–water partition coefficient (Wildman–Crippen LogP) is 5.07. The third-order valence-corrected chi connectivity index (χ3v) is 9.04. The molecule has 4 heterocycles. The predicted molar refractivity (Wildman–Crippen MR) is 147 cm³/mol. The molecule has 11 heteroatoms. The van der Waals surface area contributed by atoms with E-state index in [-0.39, 0.29) is 5.57 Å². The van der Waals surface area contributed by atoms with Crippen molar-refractivity contribution in [1.29, 1.82) is 0 Å². The Kier molecular flexibility index (Phi) is 6.65. The molecule has 38 heavy (non-hydrogen) atoms. The normalized spacial score (nSPS) is 18.9. The molecule has 1 saturated heterocycles. The smallest absolute Gasteiger partial charge is 0.290 e. The van der Waals surface area contributed by atoms with Crippen molar-refractivity contribution in [3.63, 3.8) is 0 Å². The number of aryl methyl sites for hydroxylation is 1. The molecule has 2 aromatic heterocycles. The van der Waals surface area contributed by atoms with E-state index in [4.69, 9.17) is 27.9 Å². The summed E-state index contributed by atoms with van der Waals surface area (Å²) in [6, 6.07) is 11.9. The zero-order valence-corrected chi connectivity index (χ0v) is 22.8. The average Bonchev–Trinajstić information content (AvgIpc) is 3.53. The maximum absolute atomic E-state index is 14.1. The molecule has 1 amide bonds. The van der Waals surface area contributed by atoms with Crippen LogP contribution in [-0.4, -0.2) is 75.4 Å². The number of carbonyl (C=O) groups excluding carboxylic acids is 2. The van der Waals surface area contributed by atoms with Crippen LogP contribution in [0.25, 0.3) is 16.0 Å². The summed E-state index contributed by atoms with van der Waals surface area (Å²) in [6.45, 7) is 5.53. The summed E-state index contributed by atoms with van der Waals surface area (Å²) in [6.07, 6.45) is 0. The highest BCUT2D eigenvalue weighted by molar-refractivity contribution is 7.19. The highest BCUT2D eigenvalue weighted by Crippen LogP contribution is 2.42. The standard InChI is InChI=1S/C27H24Cl2N4O4S/c1-15-25(38-27-30-19-4-2-3-5-20(19)33(15)27)23(34)21-22(16-6-7-17(28)18(29)14-16)32(26(36)24(21)35)9-8-31-10-12-37-13-11-31/h2-7,14,22,35H,8-13H2,1H3. The number of thiazole rings is 1. The van der Waals surface area contributed by atoms with Gasteiger partial charge in [0.2, 0.25) is 5.78 Å². The van der Waals surface area contributed by atoms with Crippen molar-refractivity contribution in [3.8, 4) is 0 Å². The number of para-hydroxylation sites is 2. The van der Waals surface area contributed by atoms with Crippen LogP contribution in [0.2, 0.25) is 10.0 Å². The second-order valence-electron chi connectivity index (χ2n) is 9.36. The van der Waals surface area contributed by atoms with E-state index >= 15 is 0 Å². The Hall–Kier alpha value is -2.95. The number of amides is 1. The monoisotopic (exact) mass is 570 g/mol. The molecule has 2 aliphatic rings. The van der Waals surface area contributed by atoms with Crippen LogP contribution >= 0.6 is 34.5 Å². The number of ketones is 1. The van der Waals surface area contributed by atoms with Crippen LogP contribution in [0.3, 0.4) is 0 Å². The minimum atomic E-state index is -0.809. The third-order valence-electron chi connectivity index (χ3n) is 7.16. The van der Waals surface area contributed by atoms with Crippen LogP contribution in [0, 0.1) is 6.92 Å². The number of fused-ring (bicyclic) bond motifs is 3. The van der Waals surface area contributed by atoms with Crippen molar-refractivity contribution in [3.05, 3.63) is 80.0 Å². The van der Waals surface area contributed by atoms with Crippen LogP contribution in [0.15, 0.2) is 53.8 Å². The molecule has 0 radical (unpaired) electrons. The molecule has 2 aromatic carbocycles. The zero-order chi connectivity index (χ0) is 26.6. The van der Waals surface area contributed by atoms with E-state index in [1.807, 2.05) is 35.6 Å². The lowest BCUT2D eigenvalue weighted by atomic mass is 9.95. The SMILES string of the molecule is Cc1c(C(=O)C2=C(O)C(=O)N(CCN3CCOCC3)C2c2ccc(Cl)c(Cl)c2)sc2nc3ccccc3n12. The number of halogens is 2. The number of benzene rings is 2. The van der Waals surface area contributed by atoms with Gasteiger partial charge in [-0.05, 0) is 36.8 Å². The van der Waals surface area contributed by atoms with E-state index in [2.05, 4.69) is 9.88 Å². The molecule has 6 rings (SSSR count). The van der Waals surface area contributed by atoms with E-state index in [0.717, 1.165) is 24.1 Å². The molecule has 196 valence electrons. The Labute approximate surface area is 232 Å². The van der Waals surface area contributed by atoms with Gasteiger partial charge in [0, 0.05) is 31.9 Å². The maximum atomic E-state index is 14.1. The highest BCUT2D eigenvalue weighted by atomic mass is 35.5. The second kappa shape index (κ2) is 9.98. The van der Waals surface area contributed by atoms with Gasteiger partial charge in [0.15, 0.2) is 10.7 Å². The van der Waals surface area contributed by atoms with Crippen LogP contribution in [-0.2, 0) is 9.53 Å². The minimum absolute atomic E-state index is 0.0345. The molecule has 0 aliphatic carbocycles. The maximum Gasteiger partial charge on any atom is 0.290 e. The Morgan fingerprint density at radius 1 is 1.13 bits per heavy atom. The molecular weight excluding hydrogens is 547 g/mol. The molecule has 1 fully saturated rings. The summed E-state index contributed by atoms with van der Waals surface area (Å²) in [5.74, 6) is -1.52. The van der Waals surface area contributed by atoms with Gasteiger partial charge < -0.3 is 14.7 Å². The van der Waals surface area contributed by atoms with Crippen LogP contribution in [0.5, 0.6) is 0 Å². The number of hydrogen-bond donors (Lipinski definition) is 1. The zero-order valence-electron chi connectivity index (χ0n) is 20.5. The first-order valence-electron chi connectivity index (χ1n) is 12.3. The largest absolute Gasteiger partial charge is 0.503 e. The molecule has 4 aromatic rings. The molecule has 0 saturated carbocycles. The number of aliphatic hydroxyl groups excluding tert-OH is 1. The summed E-state index contributed by atoms with van der Waals surface area (Å²) >= 11 is 13.8. The molecule has 8 nitrogen and oxygen atoms in total. The molecule has 0 spiro atoms. The number of ether oxygens (including phenoxy) is 1. The Bertz CT molecular complexity index is 1620. The van der Waals surface area contributed by atoms with Gasteiger partial charge in [-0.2, -0.15) is 0 Å². The fourth-order valence-corrected chi connectivity index (χ4v) is 6.62. The van der Waals surface area contributed by atoms with Crippen LogP contribution in [0.1, 0.15) is 27.0 Å². The number of rotatable bonds is 6. The number of Topliss-reactive ketones (excluding diaryl/α,β-unsaturated/α-hetero) is 1. The van der Waals surface area contributed by atoms with E-state index < -0.39 is 23.5 Å². The molecular formula is C27H24Cl2N4O4S. The fourth-order valence-electron chi connectivity index (χ4n) is 5.22. The Morgan fingerprint density at radius 2 is 1.89 bits per heavy atom. The van der Waals surface area contributed by atoms with Gasteiger partial charge in [-0.1, -0.05) is 52.7 Å². The highest BCUT2D eigenvalue weighted by Gasteiger charge is 2.44. The number of aliphatic hydroxyl groups is 1. The first-order valence-corrected chi connectivity index (χ1v) is 13.8. The summed E-state index contributed by atoms with van der Waals surface area (Å²) in [5, 5.41) is 11.8. The van der Waals surface area contributed by atoms with E-state index in [1.165, 1.54) is 11.3 Å². The molecule has 1 atom stereocenters. The number of carbonyl (C=O) groups is 2. The topological polar surface area (TPSA) is 87.4 Å². The molecule has 1 N–H and O–H groups in total. The molecule has 2 aliphatic heterocycles. The first kappa shape index (κ1) is 25.3. The number of aromatic nitrogens is 2. The lowest BCUT2D eigenvalue weighted by Crippen LogP contribution is -2.43. The van der Waals surface area contributed by atoms with E-state index in [9.17, 15) is 14.7 Å². The van der Waals surface area contributed by atoms with Gasteiger partial charge in [0.25, 0.3) is 5.91 Å². The van der Waals surface area contributed by atoms with Gasteiger partial charge >= 0.3 is 0 Å². The Morgan fingerprint density at radius 3 is 2.66 bits per heavy atom. The number of imidazole rings is 1. The Balaban J connectivity index is 1.41. The fraction of sp³-hybridized carbons (Fsp3) is 0.296. The van der Waals surface area contributed by atoms with Gasteiger partial charge in [0.1, 0.15) is 0 Å². The van der Waals surface area contributed by atoms with E-state index in [0.29, 0.717) is 57.4 Å². The van der Waals surface area contributed by atoms with Gasteiger partial charge in [-0.3, -0.25) is 18.9 Å². The third kappa shape index (κ3) is 4.19. The van der Waals surface area contributed by atoms with Crippen molar-refractivity contribution in [2.45, 2.75) is 13.0 Å². The summed E-state index contributed by atoms with van der Waals surface area (Å²) in [7, 11) is 0. The van der Waals surface area contributed by atoms with Gasteiger partial charge in [0.05, 0.1) is 50.8 Å². The van der Waals surface area contributed by atoms with Crippen molar-refractivity contribution in [2.75, 3.05) is 39.4 Å². The summed E-state index contributed by atoms with van der Waals surface area (Å²) in [5.41, 5.74) is 3.07. The quantitative estimate of drug-likeness (QED) is 0.325. The number of hydrogen-bond acceptors (Lipinski definition) is 7. The van der Waals surface area contributed by atoms with Gasteiger partial charge in [-0.15, -0.1) is 0 Å². The van der Waals surface area contributed by atoms with Crippen molar-refractivity contribution < 1.29 is 19.4 Å². The lowest BCUT2D eigenvalue weighted by molar-refractivity contribution is -0.129.